The Hall–Kier alpha value is -2.44. The van der Waals surface area contributed by atoms with Crippen molar-refractivity contribution in [3.63, 3.8) is 0 Å². The molecule has 1 aromatic heterocycles. The van der Waals surface area contributed by atoms with Gasteiger partial charge in [0.05, 0.1) is 6.20 Å². The molecule has 24 heavy (non-hydrogen) atoms. The van der Waals surface area contributed by atoms with Crippen LogP contribution in [0.25, 0.3) is 0 Å². The maximum absolute atomic E-state index is 13.2. The van der Waals surface area contributed by atoms with Gasteiger partial charge in [0.2, 0.25) is 0 Å². The van der Waals surface area contributed by atoms with Crippen molar-refractivity contribution >= 4 is 5.91 Å². The quantitative estimate of drug-likeness (QED) is 0.814. The Bertz CT molecular complexity index is 716. The van der Waals surface area contributed by atoms with Crippen LogP contribution in [0.4, 0.5) is 8.78 Å². The van der Waals surface area contributed by atoms with Crippen LogP contribution in [0.5, 0.6) is 5.75 Å². The van der Waals surface area contributed by atoms with Crippen molar-refractivity contribution in [1.29, 1.82) is 0 Å². The molecule has 0 saturated heterocycles. The Morgan fingerprint density at radius 3 is 2.54 bits per heavy atom. The molecule has 130 valence electrons. The molecule has 0 spiro atoms. The fourth-order valence-corrected chi connectivity index (χ4v) is 2.30. The molecule has 0 radical (unpaired) electrons. The second-order valence-electron chi connectivity index (χ2n) is 5.92. The molecule has 0 aliphatic carbocycles. The smallest absolute Gasteiger partial charge is 0.263 e. The van der Waals surface area contributed by atoms with E-state index in [1.54, 1.807) is 29.7 Å². The maximum Gasteiger partial charge on any atom is 0.263 e. The van der Waals surface area contributed by atoms with Crippen LogP contribution in [0, 0.1) is 11.6 Å². The standard InChI is InChI=1S/C17H21F2N3O2/c1-11(2)22(10-13-8-20-21(4)9-13)17(23)12(3)24-14-5-6-15(18)16(19)7-14/h5-9,11-12H,10H2,1-4H3/t12-/m0/s1. The lowest BCUT2D eigenvalue weighted by Gasteiger charge is -2.29. The van der Waals surface area contributed by atoms with Gasteiger partial charge in [0, 0.05) is 37.5 Å². The molecule has 0 aliphatic heterocycles. The zero-order valence-corrected chi connectivity index (χ0v) is 14.2. The summed E-state index contributed by atoms with van der Waals surface area (Å²) in [6, 6.07) is 3.15. The predicted octanol–water partition coefficient (Wildman–Crippen LogP) is 2.90. The fourth-order valence-electron chi connectivity index (χ4n) is 2.30. The lowest BCUT2D eigenvalue weighted by molar-refractivity contribution is -0.140. The minimum absolute atomic E-state index is 0.0475. The highest BCUT2D eigenvalue weighted by Crippen LogP contribution is 2.18. The number of amides is 1. The number of carbonyl (C=O) groups is 1. The van der Waals surface area contributed by atoms with Crippen molar-refractivity contribution in [3.8, 4) is 5.75 Å². The van der Waals surface area contributed by atoms with E-state index in [1.165, 1.54) is 6.07 Å². The van der Waals surface area contributed by atoms with E-state index in [0.717, 1.165) is 17.7 Å². The molecule has 0 N–H and O–H groups in total. The van der Waals surface area contributed by atoms with Crippen molar-refractivity contribution < 1.29 is 18.3 Å². The minimum atomic E-state index is -1.01. The second kappa shape index (κ2) is 7.42. The van der Waals surface area contributed by atoms with Crippen LogP contribution in [0.3, 0.4) is 0 Å². The van der Waals surface area contributed by atoms with Crippen LogP contribution >= 0.6 is 0 Å². The van der Waals surface area contributed by atoms with Gasteiger partial charge in [0.1, 0.15) is 5.75 Å². The monoisotopic (exact) mass is 337 g/mol. The normalized spacial score (nSPS) is 12.3. The van der Waals surface area contributed by atoms with Crippen molar-refractivity contribution in [2.24, 2.45) is 7.05 Å². The average Bonchev–Trinajstić information content (AvgIpc) is 2.93. The van der Waals surface area contributed by atoms with Crippen LogP contribution in [0.15, 0.2) is 30.6 Å². The molecule has 0 aliphatic rings. The Labute approximate surface area is 139 Å². The minimum Gasteiger partial charge on any atom is -0.481 e. The average molecular weight is 337 g/mol. The topological polar surface area (TPSA) is 47.4 Å². The Kier molecular flexibility index (Phi) is 5.54. The highest BCUT2D eigenvalue weighted by molar-refractivity contribution is 5.81. The highest BCUT2D eigenvalue weighted by Gasteiger charge is 2.25. The highest BCUT2D eigenvalue weighted by atomic mass is 19.2. The summed E-state index contributed by atoms with van der Waals surface area (Å²) in [5.41, 5.74) is 0.902. The van der Waals surface area contributed by atoms with Gasteiger partial charge in [-0.15, -0.1) is 0 Å². The van der Waals surface area contributed by atoms with Crippen LogP contribution in [0.1, 0.15) is 26.3 Å². The SMILES string of the molecule is CC(C)N(Cc1cnn(C)c1)C(=O)[C@H](C)Oc1ccc(F)c(F)c1. The fraction of sp³-hybridized carbons (Fsp3) is 0.412. The number of nitrogens with zero attached hydrogens (tertiary/aromatic N) is 3. The predicted molar refractivity (Wildman–Crippen MR) is 85.3 cm³/mol. The molecular formula is C17H21F2N3O2. The lowest BCUT2D eigenvalue weighted by Crippen LogP contribution is -2.43. The second-order valence-corrected chi connectivity index (χ2v) is 5.92. The molecule has 0 bridgehead atoms. The Morgan fingerprint density at radius 1 is 1.29 bits per heavy atom. The summed E-state index contributed by atoms with van der Waals surface area (Å²) in [5, 5.41) is 4.09. The van der Waals surface area contributed by atoms with E-state index in [4.69, 9.17) is 4.74 Å². The summed E-state index contributed by atoms with van der Waals surface area (Å²) in [7, 11) is 1.81. The van der Waals surface area contributed by atoms with Gasteiger partial charge in [-0.05, 0) is 32.9 Å². The third-order valence-electron chi connectivity index (χ3n) is 3.57. The number of hydrogen-bond donors (Lipinski definition) is 0. The molecule has 0 saturated carbocycles. The van der Waals surface area contributed by atoms with Gasteiger partial charge in [-0.1, -0.05) is 0 Å². The van der Waals surface area contributed by atoms with Gasteiger partial charge < -0.3 is 9.64 Å². The first-order valence-corrected chi connectivity index (χ1v) is 7.67. The molecule has 5 nitrogen and oxygen atoms in total. The number of aryl methyl sites for hydroxylation is 1. The number of halogens is 2. The van der Waals surface area contributed by atoms with Gasteiger partial charge in [0.15, 0.2) is 17.7 Å². The van der Waals surface area contributed by atoms with Crippen LogP contribution < -0.4 is 4.74 Å². The first-order valence-electron chi connectivity index (χ1n) is 7.67. The number of rotatable bonds is 6. The molecule has 1 atom stereocenters. The Morgan fingerprint density at radius 2 is 2.00 bits per heavy atom. The van der Waals surface area contributed by atoms with Crippen molar-refractivity contribution in [2.75, 3.05) is 0 Å². The Balaban J connectivity index is 2.08. The summed E-state index contributed by atoms with van der Waals surface area (Å²) in [5.74, 6) is -2.09. The summed E-state index contributed by atoms with van der Waals surface area (Å²) >= 11 is 0. The maximum atomic E-state index is 13.2. The molecule has 2 aromatic rings. The van der Waals surface area contributed by atoms with Crippen molar-refractivity contribution in [1.82, 2.24) is 14.7 Å². The molecule has 1 aromatic carbocycles. The van der Waals surface area contributed by atoms with Gasteiger partial charge in [-0.25, -0.2) is 8.78 Å². The third-order valence-corrected chi connectivity index (χ3v) is 3.57. The summed E-state index contributed by atoms with van der Waals surface area (Å²) in [4.78, 5) is 14.3. The molecule has 2 rings (SSSR count). The molecule has 7 heteroatoms. The molecule has 1 amide bonds. The zero-order valence-electron chi connectivity index (χ0n) is 14.2. The van der Waals surface area contributed by atoms with E-state index >= 15 is 0 Å². The summed E-state index contributed by atoms with van der Waals surface area (Å²) in [6.07, 6.45) is 2.71. The third kappa shape index (κ3) is 4.31. The number of ether oxygens (including phenoxy) is 1. The van der Waals surface area contributed by atoms with Crippen molar-refractivity contribution in [3.05, 3.63) is 47.8 Å². The van der Waals surface area contributed by atoms with Crippen molar-refractivity contribution in [2.45, 2.75) is 39.5 Å². The number of aromatic nitrogens is 2. The zero-order chi connectivity index (χ0) is 17.9. The molecule has 0 fully saturated rings. The molecular weight excluding hydrogens is 316 g/mol. The first kappa shape index (κ1) is 17.9. The molecule has 0 unspecified atom stereocenters. The van der Waals surface area contributed by atoms with E-state index in [9.17, 15) is 13.6 Å². The van der Waals surface area contributed by atoms with Gasteiger partial charge in [-0.2, -0.15) is 5.10 Å². The van der Waals surface area contributed by atoms with E-state index in [0.29, 0.717) is 6.54 Å². The lowest BCUT2D eigenvalue weighted by atomic mass is 10.2. The van der Waals surface area contributed by atoms with Crippen LogP contribution in [-0.2, 0) is 18.4 Å². The molecule has 1 heterocycles. The van der Waals surface area contributed by atoms with E-state index < -0.39 is 17.7 Å². The first-order chi connectivity index (χ1) is 11.3. The number of hydrogen-bond acceptors (Lipinski definition) is 3. The largest absolute Gasteiger partial charge is 0.481 e. The van der Waals surface area contributed by atoms with Crippen LogP contribution in [0.2, 0.25) is 0 Å². The summed E-state index contributed by atoms with van der Waals surface area (Å²) in [6.45, 7) is 5.79. The van der Waals surface area contributed by atoms with Gasteiger partial charge in [0.25, 0.3) is 5.91 Å². The van der Waals surface area contributed by atoms with Crippen LogP contribution in [-0.4, -0.2) is 32.7 Å². The number of carbonyl (C=O) groups excluding carboxylic acids is 1. The van der Waals surface area contributed by atoms with Gasteiger partial charge in [-0.3, -0.25) is 9.48 Å². The van der Waals surface area contributed by atoms with E-state index in [1.807, 2.05) is 20.0 Å². The van der Waals surface area contributed by atoms with E-state index in [2.05, 4.69) is 5.10 Å². The number of benzene rings is 1. The summed E-state index contributed by atoms with van der Waals surface area (Å²) < 4.78 is 33.3. The van der Waals surface area contributed by atoms with E-state index in [-0.39, 0.29) is 17.7 Å². The van der Waals surface area contributed by atoms with Gasteiger partial charge >= 0.3 is 0 Å².